The van der Waals surface area contributed by atoms with Gasteiger partial charge in [-0.1, -0.05) is 25.1 Å². The summed E-state index contributed by atoms with van der Waals surface area (Å²) >= 11 is 1.63. The Kier molecular flexibility index (Phi) is 5.99. The molecule has 23 heavy (non-hydrogen) atoms. The number of nitrogens with zero attached hydrogens (tertiary/aromatic N) is 1. The Morgan fingerprint density at radius 3 is 2.78 bits per heavy atom. The first-order valence-corrected chi connectivity index (χ1v) is 7.97. The molecule has 0 radical (unpaired) electrons. The van der Waals surface area contributed by atoms with Gasteiger partial charge < -0.3 is 10.1 Å². The molecule has 0 saturated heterocycles. The summed E-state index contributed by atoms with van der Waals surface area (Å²) in [5, 5.41) is 13.5. The summed E-state index contributed by atoms with van der Waals surface area (Å²) in [6.07, 6.45) is 0. The van der Waals surface area contributed by atoms with E-state index in [1.807, 2.05) is 31.2 Å². The van der Waals surface area contributed by atoms with E-state index < -0.39 is 4.92 Å². The van der Waals surface area contributed by atoms with E-state index in [1.165, 1.54) is 18.2 Å². The maximum absolute atomic E-state index is 12.0. The fourth-order valence-electron chi connectivity index (χ4n) is 1.87. The summed E-state index contributed by atoms with van der Waals surface area (Å²) in [5.74, 6) is 0.864. The highest BCUT2D eigenvalue weighted by Crippen LogP contribution is 2.26. The molecular weight excluding hydrogens is 316 g/mol. The van der Waals surface area contributed by atoms with E-state index in [2.05, 4.69) is 5.32 Å². The van der Waals surface area contributed by atoms with E-state index >= 15 is 0 Å². The quantitative estimate of drug-likeness (QED) is 0.475. The van der Waals surface area contributed by atoms with Gasteiger partial charge in [-0.05, 0) is 24.0 Å². The Balaban J connectivity index is 1.95. The van der Waals surface area contributed by atoms with Crippen molar-refractivity contribution in [3.05, 3.63) is 58.6 Å². The first-order chi connectivity index (χ1) is 11.1. The van der Waals surface area contributed by atoms with Crippen molar-refractivity contribution in [3.63, 3.8) is 0 Å². The maximum atomic E-state index is 12.0. The van der Waals surface area contributed by atoms with Gasteiger partial charge >= 0.3 is 0 Å². The number of thioether (sulfide) groups is 1. The number of carbonyl (C=O) groups excluding carboxylic acids is 1. The Labute approximate surface area is 138 Å². The van der Waals surface area contributed by atoms with E-state index in [1.54, 1.807) is 17.8 Å². The molecule has 2 rings (SSSR count). The minimum Gasteiger partial charge on any atom is -0.484 e. The molecule has 1 N–H and O–H groups in total. The number of nitro benzene ring substituents is 1. The van der Waals surface area contributed by atoms with Crippen molar-refractivity contribution in [2.45, 2.75) is 11.8 Å². The summed E-state index contributed by atoms with van der Waals surface area (Å²) in [5.41, 5.74) is 0.652. The number of benzene rings is 2. The van der Waals surface area contributed by atoms with Crippen LogP contribution in [0.1, 0.15) is 6.92 Å². The van der Waals surface area contributed by atoms with Gasteiger partial charge in [0.2, 0.25) is 0 Å². The van der Waals surface area contributed by atoms with Gasteiger partial charge in [0.25, 0.3) is 11.6 Å². The molecule has 120 valence electrons. The van der Waals surface area contributed by atoms with Gasteiger partial charge in [0.1, 0.15) is 5.75 Å². The van der Waals surface area contributed by atoms with Crippen molar-refractivity contribution >= 4 is 29.0 Å². The van der Waals surface area contributed by atoms with Crippen LogP contribution in [0, 0.1) is 10.1 Å². The second-order valence-corrected chi connectivity index (χ2v) is 5.83. The molecule has 2 aromatic rings. The number of hydrogen-bond acceptors (Lipinski definition) is 5. The number of amides is 1. The molecule has 2 aromatic carbocycles. The Morgan fingerprint density at radius 2 is 2.04 bits per heavy atom. The van der Waals surface area contributed by atoms with Gasteiger partial charge in [-0.2, -0.15) is 0 Å². The van der Waals surface area contributed by atoms with Crippen LogP contribution in [-0.4, -0.2) is 23.2 Å². The molecule has 0 saturated carbocycles. The molecule has 0 atom stereocenters. The molecule has 0 bridgehead atoms. The lowest BCUT2D eigenvalue weighted by Crippen LogP contribution is -2.20. The van der Waals surface area contributed by atoms with Crippen LogP contribution in [0.25, 0.3) is 0 Å². The number of non-ortho nitro benzene ring substituents is 1. The fourth-order valence-corrected chi connectivity index (χ4v) is 2.63. The highest BCUT2D eigenvalue weighted by molar-refractivity contribution is 7.99. The minimum absolute atomic E-state index is 0.0763. The SMILES string of the molecule is CCSc1ccccc1NC(=O)COc1cccc([N+](=O)[O-])c1. The standard InChI is InChI=1S/C16H16N2O4S/c1-2-23-15-9-4-3-8-14(15)17-16(19)11-22-13-7-5-6-12(10-13)18(20)21/h3-10H,2,11H2,1H3,(H,17,19). The average Bonchev–Trinajstić information content (AvgIpc) is 2.55. The number of nitrogens with one attached hydrogen (secondary N) is 1. The minimum atomic E-state index is -0.509. The third-order valence-electron chi connectivity index (χ3n) is 2.86. The van der Waals surface area contributed by atoms with Crippen LogP contribution in [0.3, 0.4) is 0 Å². The van der Waals surface area contributed by atoms with Crippen LogP contribution in [0.5, 0.6) is 5.75 Å². The predicted octanol–water partition coefficient (Wildman–Crippen LogP) is 3.72. The smallest absolute Gasteiger partial charge is 0.273 e. The van der Waals surface area contributed by atoms with E-state index in [0.29, 0.717) is 0 Å². The highest BCUT2D eigenvalue weighted by Gasteiger charge is 2.10. The van der Waals surface area contributed by atoms with Gasteiger partial charge in [0.15, 0.2) is 6.61 Å². The Hall–Kier alpha value is -2.54. The van der Waals surface area contributed by atoms with Gasteiger partial charge in [0, 0.05) is 11.0 Å². The van der Waals surface area contributed by atoms with Crippen LogP contribution in [0.15, 0.2) is 53.4 Å². The molecule has 0 fully saturated rings. The summed E-state index contributed by atoms with van der Waals surface area (Å²) in [6.45, 7) is 1.82. The third-order valence-corrected chi connectivity index (χ3v) is 3.82. The largest absolute Gasteiger partial charge is 0.484 e. The maximum Gasteiger partial charge on any atom is 0.273 e. The second-order valence-electron chi connectivity index (χ2n) is 4.52. The second kappa shape index (κ2) is 8.19. The summed E-state index contributed by atoms with van der Waals surface area (Å²) in [6, 6.07) is 13.2. The Morgan fingerprint density at radius 1 is 1.26 bits per heavy atom. The Bertz CT molecular complexity index is 706. The van der Waals surface area contributed by atoms with E-state index in [9.17, 15) is 14.9 Å². The molecule has 1 amide bonds. The number of anilines is 1. The number of hydrogen-bond donors (Lipinski definition) is 1. The molecule has 0 aliphatic carbocycles. The number of para-hydroxylation sites is 1. The summed E-state index contributed by atoms with van der Waals surface area (Å²) in [4.78, 5) is 23.2. The zero-order chi connectivity index (χ0) is 16.7. The summed E-state index contributed by atoms with van der Waals surface area (Å²) < 4.78 is 5.31. The number of nitro groups is 1. The predicted molar refractivity (Wildman–Crippen MR) is 90.1 cm³/mol. The number of ether oxygens (including phenoxy) is 1. The monoisotopic (exact) mass is 332 g/mol. The summed E-state index contributed by atoms with van der Waals surface area (Å²) in [7, 11) is 0. The number of rotatable bonds is 7. The van der Waals surface area contributed by atoms with Crippen LogP contribution in [0.4, 0.5) is 11.4 Å². The van der Waals surface area contributed by atoms with E-state index in [0.717, 1.165) is 16.3 Å². The molecule has 7 heteroatoms. The molecule has 0 heterocycles. The van der Waals surface area contributed by atoms with Crippen LogP contribution in [0.2, 0.25) is 0 Å². The number of carbonyl (C=O) groups is 1. The molecule has 0 aromatic heterocycles. The molecule has 0 spiro atoms. The molecular formula is C16H16N2O4S. The van der Waals surface area contributed by atoms with Crippen LogP contribution < -0.4 is 10.1 Å². The van der Waals surface area contributed by atoms with Crippen molar-refractivity contribution in [2.75, 3.05) is 17.7 Å². The lowest BCUT2D eigenvalue weighted by atomic mass is 10.3. The zero-order valence-electron chi connectivity index (χ0n) is 12.5. The average molecular weight is 332 g/mol. The van der Waals surface area contributed by atoms with Crippen molar-refractivity contribution in [1.82, 2.24) is 0 Å². The highest BCUT2D eigenvalue weighted by atomic mass is 32.2. The molecule has 6 nitrogen and oxygen atoms in total. The molecule has 0 aliphatic rings. The molecule has 0 unspecified atom stereocenters. The van der Waals surface area contributed by atoms with Crippen molar-refractivity contribution in [3.8, 4) is 5.75 Å². The van der Waals surface area contributed by atoms with Crippen LogP contribution >= 0.6 is 11.8 Å². The van der Waals surface area contributed by atoms with Crippen molar-refractivity contribution < 1.29 is 14.5 Å². The van der Waals surface area contributed by atoms with Crippen molar-refractivity contribution in [1.29, 1.82) is 0 Å². The topological polar surface area (TPSA) is 81.5 Å². The van der Waals surface area contributed by atoms with Gasteiger partial charge in [0.05, 0.1) is 16.7 Å². The lowest BCUT2D eigenvalue weighted by molar-refractivity contribution is -0.384. The van der Waals surface area contributed by atoms with Crippen molar-refractivity contribution in [2.24, 2.45) is 0 Å². The van der Waals surface area contributed by atoms with E-state index in [4.69, 9.17) is 4.74 Å². The normalized spacial score (nSPS) is 10.1. The van der Waals surface area contributed by atoms with Gasteiger partial charge in [-0.15, -0.1) is 11.8 Å². The van der Waals surface area contributed by atoms with E-state index in [-0.39, 0.29) is 24.0 Å². The fraction of sp³-hybridized carbons (Fsp3) is 0.188. The van der Waals surface area contributed by atoms with Gasteiger partial charge in [-0.3, -0.25) is 14.9 Å². The first-order valence-electron chi connectivity index (χ1n) is 6.99. The van der Waals surface area contributed by atoms with Crippen LogP contribution in [-0.2, 0) is 4.79 Å². The molecule has 0 aliphatic heterocycles. The lowest BCUT2D eigenvalue weighted by Gasteiger charge is -2.10. The third kappa shape index (κ3) is 5.00. The first kappa shape index (κ1) is 16.8. The van der Waals surface area contributed by atoms with Gasteiger partial charge in [-0.25, -0.2) is 0 Å². The zero-order valence-corrected chi connectivity index (χ0v) is 13.3.